The van der Waals surface area contributed by atoms with Gasteiger partial charge in [-0.05, 0) is 0 Å². The van der Waals surface area contributed by atoms with Crippen LogP contribution in [0.3, 0.4) is 0 Å². The molecule has 0 aliphatic rings. The molecule has 0 saturated heterocycles. The molecular formula is C9H11N5O2S. The standard InChI is InChI=1S/C9H11N5O2S/c1-14-5-11-7(13-14)3-10-9-12-6(4-17-9)2-8(15)16/h4-5H,2-3H2,1H3,(H,10,12)(H,15,16). The molecule has 0 atom stereocenters. The van der Waals surface area contributed by atoms with Crippen molar-refractivity contribution >= 4 is 22.4 Å². The highest BCUT2D eigenvalue weighted by molar-refractivity contribution is 7.13. The molecule has 2 heterocycles. The first kappa shape index (κ1) is 11.5. The maximum atomic E-state index is 10.5. The molecule has 0 aromatic carbocycles. The Balaban J connectivity index is 1.91. The van der Waals surface area contributed by atoms with Gasteiger partial charge in [-0.1, -0.05) is 0 Å². The molecule has 0 aliphatic heterocycles. The number of carbonyl (C=O) groups is 1. The summed E-state index contributed by atoms with van der Waals surface area (Å²) in [5.41, 5.74) is 0.555. The largest absolute Gasteiger partial charge is 0.481 e. The molecule has 90 valence electrons. The molecule has 2 aromatic heterocycles. The average molecular weight is 253 g/mol. The van der Waals surface area contributed by atoms with E-state index >= 15 is 0 Å². The highest BCUT2D eigenvalue weighted by atomic mass is 32.1. The van der Waals surface area contributed by atoms with E-state index in [9.17, 15) is 4.79 Å². The number of nitrogens with zero attached hydrogens (tertiary/aromatic N) is 4. The minimum Gasteiger partial charge on any atom is -0.481 e. The van der Waals surface area contributed by atoms with Gasteiger partial charge in [-0.15, -0.1) is 11.3 Å². The lowest BCUT2D eigenvalue weighted by Crippen LogP contribution is -2.03. The number of hydrogen-bond donors (Lipinski definition) is 2. The van der Waals surface area contributed by atoms with E-state index in [1.165, 1.54) is 11.3 Å². The van der Waals surface area contributed by atoms with Gasteiger partial charge in [0.05, 0.1) is 18.7 Å². The van der Waals surface area contributed by atoms with Gasteiger partial charge >= 0.3 is 5.97 Å². The predicted octanol–water partition coefficient (Wildman–Crippen LogP) is 0.511. The van der Waals surface area contributed by atoms with Gasteiger partial charge in [0.15, 0.2) is 11.0 Å². The van der Waals surface area contributed by atoms with Crippen LogP contribution < -0.4 is 5.32 Å². The van der Waals surface area contributed by atoms with Crippen LogP contribution in [0.25, 0.3) is 0 Å². The van der Waals surface area contributed by atoms with Gasteiger partial charge in [0.2, 0.25) is 0 Å². The van der Waals surface area contributed by atoms with Crippen LogP contribution in [0.1, 0.15) is 11.5 Å². The second-order valence-electron chi connectivity index (χ2n) is 3.40. The smallest absolute Gasteiger partial charge is 0.309 e. The lowest BCUT2D eigenvalue weighted by molar-refractivity contribution is -0.136. The third-order valence-electron chi connectivity index (χ3n) is 1.93. The molecule has 0 amide bonds. The van der Waals surface area contributed by atoms with E-state index < -0.39 is 5.97 Å². The van der Waals surface area contributed by atoms with Crippen molar-refractivity contribution in [3.8, 4) is 0 Å². The zero-order valence-electron chi connectivity index (χ0n) is 9.12. The number of aliphatic carboxylic acids is 1. The van der Waals surface area contributed by atoms with Crippen LogP contribution >= 0.6 is 11.3 Å². The Labute approximate surface area is 101 Å². The molecule has 2 N–H and O–H groups in total. The quantitative estimate of drug-likeness (QED) is 0.806. The first-order valence-electron chi connectivity index (χ1n) is 4.88. The van der Waals surface area contributed by atoms with Crippen molar-refractivity contribution in [2.75, 3.05) is 5.32 Å². The molecule has 0 spiro atoms. The van der Waals surface area contributed by atoms with E-state index in [2.05, 4.69) is 20.4 Å². The van der Waals surface area contributed by atoms with Crippen LogP contribution in [0.5, 0.6) is 0 Å². The molecule has 0 fully saturated rings. The van der Waals surface area contributed by atoms with Crippen molar-refractivity contribution in [2.24, 2.45) is 7.05 Å². The lowest BCUT2D eigenvalue weighted by atomic mass is 10.3. The molecule has 7 nitrogen and oxygen atoms in total. The highest BCUT2D eigenvalue weighted by Gasteiger charge is 2.06. The molecule has 2 rings (SSSR count). The second kappa shape index (κ2) is 4.91. The zero-order chi connectivity index (χ0) is 12.3. The van der Waals surface area contributed by atoms with E-state index in [0.29, 0.717) is 23.2 Å². The summed E-state index contributed by atoms with van der Waals surface area (Å²) in [7, 11) is 1.80. The van der Waals surface area contributed by atoms with Gasteiger partial charge in [-0.3, -0.25) is 9.48 Å². The fourth-order valence-corrected chi connectivity index (χ4v) is 1.95. The van der Waals surface area contributed by atoms with Crippen LogP contribution in [0.2, 0.25) is 0 Å². The summed E-state index contributed by atoms with van der Waals surface area (Å²) >= 11 is 1.37. The molecule has 0 saturated carbocycles. The predicted molar refractivity (Wildman–Crippen MR) is 61.8 cm³/mol. The summed E-state index contributed by atoms with van der Waals surface area (Å²) < 4.78 is 1.62. The highest BCUT2D eigenvalue weighted by Crippen LogP contribution is 2.16. The number of nitrogens with one attached hydrogen (secondary N) is 1. The van der Waals surface area contributed by atoms with Crippen molar-refractivity contribution in [1.29, 1.82) is 0 Å². The first-order chi connectivity index (χ1) is 8.13. The Hall–Kier alpha value is -1.96. The number of rotatable bonds is 5. The summed E-state index contributed by atoms with van der Waals surface area (Å²) in [6, 6.07) is 0. The third kappa shape index (κ3) is 3.25. The Kier molecular flexibility index (Phi) is 3.33. The molecule has 0 aliphatic carbocycles. The normalized spacial score (nSPS) is 10.4. The van der Waals surface area contributed by atoms with Gasteiger partial charge < -0.3 is 10.4 Å². The lowest BCUT2D eigenvalue weighted by Gasteiger charge is -1.97. The van der Waals surface area contributed by atoms with Crippen LogP contribution in [-0.4, -0.2) is 30.8 Å². The minimum absolute atomic E-state index is 0.0555. The van der Waals surface area contributed by atoms with E-state index in [1.807, 2.05) is 0 Å². The van der Waals surface area contributed by atoms with Gasteiger partial charge in [-0.25, -0.2) is 9.97 Å². The topological polar surface area (TPSA) is 92.9 Å². The Morgan fingerprint density at radius 2 is 2.47 bits per heavy atom. The van der Waals surface area contributed by atoms with Gasteiger partial charge in [0.25, 0.3) is 0 Å². The second-order valence-corrected chi connectivity index (χ2v) is 4.26. The monoisotopic (exact) mass is 253 g/mol. The van der Waals surface area contributed by atoms with Crippen molar-refractivity contribution in [2.45, 2.75) is 13.0 Å². The SMILES string of the molecule is Cn1cnc(CNc2nc(CC(=O)O)cs2)n1. The first-order valence-corrected chi connectivity index (χ1v) is 5.76. The average Bonchev–Trinajstić information content (AvgIpc) is 2.84. The molecule has 0 bridgehead atoms. The number of carboxylic acid groups (broad SMARTS) is 1. The molecule has 8 heteroatoms. The Morgan fingerprint density at radius 3 is 3.12 bits per heavy atom. The molecular weight excluding hydrogens is 242 g/mol. The van der Waals surface area contributed by atoms with E-state index in [1.54, 1.807) is 23.4 Å². The number of aromatic nitrogens is 4. The summed E-state index contributed by atoms with van der Waals surface area (Å²) in [6.07, 6.45) is 1.56. The fraction of sp³-hybridized carbons (Fsp3) is 0.333. The summed E-state index contributed by atoms with van der Waals surface area (Å²) in [5, 5.41) is 18.2. The summed E-state index contributed by atoms with van der Waals surface area (Å²) in [6.45, 7) is 0.473. The van der Waals surface area contributed by atoms with E-state index in [4.69, 9.17) is 5.11 Å². The van der Waals surface area contributed by atoms with Crippen molar-refractivity contribution in [3.63, 3.8) is 0 Å². The van der Waals surface area contributed by atoms with Crippen LogP contribution in [0.4, 0.5) is 5.13 Å². The molecule has 2 aromatic rings. The Morgan fingerprint density at radius 1 is 1.65 bits per heavy atom. The van der Waals surface area contributed by atoms with Crippen molar-refractivity contribution < 1.29 is 9.90 Å². The number of carboxylic acids is 1. The minimum atomic E-state index is -0.881. The van der Waals surface area contributed by atoms with E-state index in [0.717, 1.165) is 0 Å². The molecule has 0 radical (unpaired) electrons. The van der Waals surface area contributed by atoms with E-state index in [-0.39, 0.29) is 6.42 Å². The zero-order valence-corrected chi connectivity index (χ0v) is 9.94. The fourth-order valence-electron chi connectivity index (χ4n) is 1.24. The number of hydrogen-bond acceptors (Lipinski definition) is 6. The van der Waals surface area contributed by atoms with Crippen LogP contribution in [0, 0.1) is 0 Å². The Bertz CT molecular complexity index is 521. The van der Waals surface area contributed by atoms with Crippen LogP contribution in [-0.2, 0) is 24.8 Å². The maximum absolute atomic E-state index is 10.5. The number of aryl methyl sites for hydroxylation is 1. The van der Waals surface area contributed by atoms with Crippen molar-refractivity contribution in [3.05, 3.63) is 23.2 Å². The molecule has 0 unspecified atom stereocenters. The molecule has 17 heavy (non-hydrogen) atoms. The van der Waals surface area contributed by atoms with Gasteiger partial charge in [0, 0.05) is 12.4 Å². The van der Waals surface area contributed by atoms with Gasteiger partial charge in [-0.2, -0.15) is 5.10 Å². The number of anilines is 1. The van der Waals surface area contributed by atoms with Gasteiger partial charge in [0.1, 0.15) is 6.33 Å². The number of thiazole rings is 1. The van der Waals surface area contributed by atoms with Crippen LogP contribution in [0.15, 0.2) is 11.7 Å². The maximum Gasteiger partial charge on any atom is 0.309 e. The summed E-state index contributed by atoms with van der Waals surface area (Å²) in [5.74, 6) is -0.212. The summed E-state index contributed by atoms with van der Waals surface area (Å²) in [4.78, 5) is 18.7. The van der Waals surface area contributed by atoms with Crippen molar-refractivity contribution in [1.82, 2.24) is 19.7 Å². The third-order valence-corrected chi connectivity index (χ3v) is 2.78.